The molecule has 1 aromatic heterocycles. The topological polar surface area (TPSA) is 66.9 Å². The van der Waals surface area contributed by atoms with Crippen LogP contribution < -0.4 is 10.6 Å². The highest BCUT2D eigenvalue weighted by Crippen LogP contribution is 2.07. The third-order valence-electron chi connectivity index (χ3n) is 2.93. The van der Waals surface area contributed by atoms with Gasteiger partial charge in [0.15, 0.2) is 0 Å². The van der Waals surface area contributed by atoms with Crippen LogP contribution in [0.1, 0.15) is 28.5 Å². The van der Waals surface area contributed by atoms with Crippen molar-refractivity contribution < 1.29 is 4.79 Å². The van der Waals surface area contributed by atoms with Crippen molar-refractivity contribution in [1.82, 2.24) is 15.3 Å². The molecular weight excluding hydrogens is 252 g/mol. The van der Waals surface area contributed by atoms with Crippen LogP contribution in [0.15, 0.2) is 36.7 Å². The quantitative estimate of drug-likeness (QED) is 0.873. The van der Waals surface area contributed by atoms with E-state index in [0.717, 1.165) is 17.7 Å². The summed E-state index contributed by atoms with van der Waals surface area (Å²) in [7, 11) is 0. The largest absolute Gasteiger partial charge is 0.369 e. The Bertz CT molecular complexity index is 598. The highest BCUT2D eigenvalue weighted by Gasteiger charge is 2.08. The van der Waals surface area contributed by atoms with Gasteiger partial charge in [-0.25, -0.2) is 4.98 Å². The van der Waals surface area contributed by atoms with Crippen LogP contribution in [0.5, 0.6) is 0 Å². The number of carbonyl (C=O) groups is 1. The summed E-state index contributed by atoms with van der Waals surface area (Å²) in [6.07, 6.45) is 3.07. The predicted octanol–water partition coefficient (Wildman–Crippen LogP) is 2.15. The molecule has 0 saturated heterocycles. The number of amides is 1. The molecule has 5 nitrogen and oxygen atoms in total. The molecule has 0 fully saturated rings. The molecule has 0 aliphatic carbocycles. The normalized spacial score (nSPS) is 10.1. The van der Waals surface area contributed by atoms with Gasteiger partial charge in [-0.2, -0.15) is 0 Å². The fraction of sp³-hybridized carbons (Fsp3) is 0.267. The second-order valence-corrected chi connectivity index (χ2v) is 4.43. The van der Waals surface area contributed by atoms with Gasteiger partial charge in [0.25, 0.3) is 5.91 Å². The smallest absolute Gasteiger partial charge is 0.271 e. The number of carbonyl (C=O) groups excluding carboxylic acids is 1. The van der Waals surface area contributed by atoms with E-state index < -0.39 is 0 Å². The Labute approximate surface area is 118 Å². The molecule has 2 rings (SSSR count). The molecule has 104 valence electrons. The van der Waals surface area contributed by atoms with Gasteiger partial charge in [0.05, 0.1) is 12.4 Å². The van der Waals surface area contributed by atoms with Gasteiger partial charge < -0.3 is 10.6 Å². The lowest BCUT2D eigenvalue weighted by Gasteiger charge is -2.08. The van der Waals surface area contributed by atoms with Gasteiger partial charge in [-0.3, -0.25) is 9.78 Å². The van der Waals surface area contributed by atoms with Crippen LogP contribution in [-0.4, -0.2) is 22.4 Å². The van der Waals surface area contributed by atoms with Crippen LogP contribution in [0.25, 0.3) is 0 Å². The molecule has 1 heterocycles. The van der Waals surface area contributed by atoms with E-state index in [4.69, 9.17) is 0 Å². The molecule has 0 radical (unpaired) electrons. The van der Waals surface area contributed by atoms with E-state index >= 15 is 0 Å². The van der Waals surface area contributed by atoms with Crippen LogP contribution in [0, 0.1) is 6.92 Å². The Hall–Kier alpha value is -2.43. The molecule has 0 saturated carbocycles. The number of nitrogens with one attached hydrogen (secondary N) is 2. The second kappa shape index (κ2) is 6.65. The number of hydrogen-bond acceptors (Lipinski definition) is 4. The van der Waals surface area contributed by atoms with Crippen LogP contribution in [0.4, 0.5) is 5.82 Å². The summed E-state index contributed by atoms with van der Waals surface area (Å²) in [5, 5.41) is 5.89. The number of anilines is 1. The number of hydrogen-bond donors (Lipinski definition) is 2. The number of rotatable bonds is 5. The van der Waals surface area contributed by atoms with Crippen molar-refractivity contribution >= 4 is 11.7 Å². The molecule has 2 N–H and O–H groups in total. The molecule has 0 aliphatic rings. The van der Waals surface area contributed by atoms with E-state index in [-0.39, 0.29) is 5.91 Å². The van der Waals surface area contributed by atoms with E-state index in [1.54, 1.807) is 6.20 Å². The maximum atomic E-state index is 12.0. The molecule has 2 aromatic rings. The highest BCUT2D eigenvalue weighted by atomic mass is 16.1. The minimum Gasteiger partial charge on any atom is -0.369 e. The lowest BCUT2D eigenvalue weighted by molar-refractivity contribution is 0.0945. The summed E-state index contributed by atoms with van der Waals surface area (Å²) < 4.78 is 0. The zero-order valence-electron chi connectivity index (χ0n) is 11.7. The maximum Gasteiger partial charge on any atom is 0.271 e. The first-order chi connectivity index (χ1) is 9.70. The molecule has 20 heavy (non-hydrogen) atoms. The molecular formula is C15H18N4O. The van der Waals surface area contributed by atoms with Crippen LogP contribution in [0.2, 0.25) is 0 Å². The third kappa shape index (κ3) is 3.54. The van der Waals surface area contributed by atoms with Gasteiger partial charge in [-0.1, -0.05) is 24.3 Å². The number of aryl methyl sites for hydroxylation is 1. The van der Waals surface area contributed by atoms with Crippen molar-refractivity contribution in [3.63, 3.8) is 0 Å². The third-order valence-corrected chi connectivity index (χ3v) is 2.93. The molecule has 0 atom stereocenters. The summed E-state index contributed by atoms with van der Waals surface area (Å²) in [4.78, 5) is 20.3. The van der Waals surface area contributed by atoms with E-state index in [9.17, 15) is 4.79 Å². The highest BCUT2D eigenvalue weighted by molar-refractivity contribution is 5.92. The van der Waals surface area contributed by atoms with Gasteiger partial charge in [-0.05, 0) is 25.0 Å². The Morgan fingerprint density at radius 3 is 2.80 bits per heavy atom. The first-order valence-corrected chi connectivity index (χ1v) is 6.59. The van der Waals surface area contributed by atoms with Gasteiger partial charge in [0.2, 0.25) is 0 Å². The SMILES string of the molecule is CCNc1cncc(C(=O)NCc2ccccc2C)n1. The van der Waals surface area contributed by atoms with Gasteiger partial charge in [-0.15, -0.1) is 0 Å². The average Bonchev–Trinajstić information content (AvgIpc) is 2.47. The zero-order valence-corrected chi connectivity index (χ0v) is 11.7. The van der Waals surface area contributed by atoms with Gasteiger partial charge in [0, 0.05) is 13.1 Å². The summed E-state index contributed by atoms with van der Waals surface area (Å²) in [6.45, 7) is 5.21. The van der Waals surface area contributed by atoms with Crippen molar-refractivity contribution in [2.75, 3.05) is 11.9 Å². The molecule has 0 unspecified atom stereocenters. The molecule has 0 bridgehead atoms. The van der Waals surface area contributed by atoms with Gasteiger partial charge in [0.1, 0.15) is 11.5 Å². The number of aromatic nitrogens is 2. The maximum absolute atomic E-state index is 12.0. The van der Waals surface area contributed by atoms with E-state index in [1.165, 1.54) is 6.20 Å². The Kier molecular flexibility index (Phi) is 4.65. The standard InChI is InChI=1S/C15H18N4O/c1-3-17-14-10-16-9-13(19-14)15(20)18-8-12-7-5-4-6-11(12)2/h4-7,9-10H,3,8H2,1-2H3,(H,17,19)(H,18,20). The van der Waals surface area contributed by atoms with Crippen LogP contribution in [0.3, 0.4) is 0 Å². The first kappa shape index (κ1) is 14.0. The fourth-order valence-electron chi connectivity index (χ4n) is 1.82. The van der Waals surface area contributed by atoms with E-state index in [2.05, 4.69) is 20.6 Å². The monoisotopic (exact) mass is 270 g/mol. The lowest BCUT2D eigenvalue weighted by atomic mass is 10.1. The van der Waals surface area contributed by atoms with Crippen molar-refractivity contribution in [2.45, 2.75) is 20.4 Å². The van der Waals surface area contributed by atoms with Crippen molar-refractivity contribution in [1.29, 1.82) is 0 Å². The number of benzene rings is 1. The predicted molar refractivity (Wildman–Crippen MR) is 78.5 cm³/mol. The molecule has 5 heteroatoms. The lowest BCUT2D eigenvalue weighted by Crippen LogP contribution is -2.24. The Morgan fingerprint density at radius 1 is 1.25 bits per heavy atom. The number of nitrogens with zero attached hydrogens (tertiary/aromatic N) is 2. The minimum atomic E-state index is -0.222. The molecule has 0 spiro atoms. The first-order valence-electron chi connectivity index (χ1n) is 6.59. The fourth-order valence-corrected chi connectivity index (χ4v) is 1.82. The second-order valence-electron chi connectivity index (χ2n) is 4.43. The zero-order chi connectivity index (χ0) is 14.4. The Morgan fingerprint density at radius 2 is 2.05 bits per heavy atom. The van der Waals surface area contributed by atoms with Crippen molar-refractivity contribution in [2.24, 2.45) is 0 Å². The summed E-state index contributed by atoms with van der Waals surface area (Å²) in [5.41, 5.74) is 2.56. The summed E-state index contributed by atoms with van der Waals surface area (Å²) in [5.74, 6) is 0.386. The minimum absolute atomic E-state index is 0.222. The van der Waals surface area contributed by atoms with E-state index in [0.29, 0.717) is 18.1 Å². The summed E-state index contributed by atoms with van der Waals surface area (Å²) >= 11 is 0. The van der Waals surface area contributed by atoms with Crippen LogP contribution in [-0.2, 0) is 6.54 Å². The summed E-state index contributed by atoms with van der Waals surface area (Å²) in [6, 6.07) is 7.95. The van der Waals surface area contributed by atoms with Crippen LogP contribution >= 0.6 is 0 Å². The van der Waals surface area contributed by atoms with Gasteiger partial charge >= 0.3 is 0 Å². The molecule has 0 aliphatic heterocycles. The molecule has 1 amide bonds. The Balaban J connectivity index is 2.01. The van der Waals surface area contributed by atoms with Crippen molar-refractivity contribution in [3.8, 4) is 0 Å². The van der Waals surface area contributed by atoms with Crippen molar-refractivity contribution in [3.05, 3.63) is 53.5 Å². The van der Waals surface area contributed by atoms with E-state index in [1.807, 2.05) is 38.1 Å². The molecule has 1 aromatic carbocycles. The average molecular weight is 270 g/mol.